The first kappa shape index (κ1) is 24.8. The number of hydrogen-bond donors (Lipinski definition) is 1. The van der Waals surface area contributed by atoms with Gasteiger partial charge in [0, 0.05) is 11.8 Å². The third-order valence-corrected chi connectivity index (χ3v) is 7.44. The molecule has 1 unspecified atom stereocenters. The molecule has 0 radical (unpaired) electrons. The van der Waals surface area contributed by atoms with Crippen molar-refractivity contribution in [3.63, 3.8) is 0 Å². The van der Waals surface area contributed by atoms with Gasteiger partial charge in [0.15, 0.2) is 0 Å². The molecule has 2 amide bonds. The van der Waals surface area contributed by atoms with Crippen molar-refractivity contribution in [2.45, 2.75) is 25.9 Å². The highest BCUT2D eigenvalue weighted by atomic mass is 35.5. The van der Waals surface area contributed by atoms with Gasteiger partial charge in [-0.3, -0.25) is 0 Å². The predicted molar refractivity (Wildman–Crippen MR) is 153 cm³/mol. The number of rotatable bonds is 5. The number of carbonyl (C=O) groups is 1. The van der Waals surface area contributed by atoms with Crippen LogP contribution in [0.2, 0.25) is 5.02 Å². The van der Waals surface area contributed by atoms with Crippen LogP contribution in [0.4, 0.5) is 10.5 Å². The summed E-state index contributed by atoms with van der Waals surface area (Å²) in [4.78, 5) is 16.0. The fourth-order valence-electron chi connectivity index (χ4n) is 5.23. The number of benzene rings is 3. The monoisotopic (exact) mass is 537 g/mol. The summed E-state index contributed by atoms with van der Waals surface area (Å²) in [5.74, 6) is 1.69. The van der Waals surface area contributed by atoms with E-state index in [4.69, 9.17) is 21.4 Å². The summed E-state index contributed by atoms with van der Waals surface area (Å²) >= 11 is 6.43. The summed E-state index contributed by atoms with van der Waals surface area (Å²) in [5.41, 5.74) is 5.39. The molecule has 196 valence electrons. The van der Waals surface area contributed by atoms with Crippen molar-refractivity contribution >= 4 is 23.3 Å². The number of amides is 2. The molecule has 2 aromatic heterocycles. The maximum Gasteiger partial charge on any atom is 0.323 e. The van der Waals surface area contributed by atoms with Crippen LogP contribution in [0, 0.1) is 0 Å². The normalized spacial score (nSPS) is 14.3. The lowest BCUT2D eigenvalue weighted by Gasteiger charge is -2.31. The Balaban J connectivity index is 1.55. The fraction of sp³-hybridized carbons (Fsp3) is 0.161. The molecule has 0 saturated carbocycles. The molecule has 39 heavy (non-hydrogen) atoms. The van der Waals surface area contributed by atoms with E-state index in [9.17, 15) is 4.79 Å². The molecule has 0 saturated heterocycles. The Hall–Kier alpha value is -4.49. The molecule has 0 bridgehead atoms. The second kappa shape index (κ2) is 10.3. The van der Waals surface area contributed by atoms with Crippen molar-refractivity contribution in [2.75, 3.05) is 12.4 Å². The number of carbonyl (C=O) groups excluding carboxylic acids is 1. The number of halogens is 1. The van der Waals surface area contributed by atoms with E-state index in [1.54, 1.807) is 19.2 Å². The van der Waals surface area contributed by atoms with Gasteiger partial charge in [0.05, 0.1) is 47.5 Å². The molecule has 6 rings (SSSR count). The zero-order chi connectivity index (χ0) is 26.9. The first-order valence-electron chi connectivity index (χ1n) is 12.9. The van der Waals surface area contributed by atoms with Gasteiger partial charge in [0.25, 0.3) is 0 Å². The smallest absolute Gasteiger partial charge is 0.323 e. The summed E-state index contributed by atoms with van der Waals surface area (Å²) < 4.78 is 9.55. The molecule has 1 aliphatic heterocycles. The Kier molecular flexibility index (Phi) is 6.59. The molecule has 0 aliphatic carbocycles. The summed E-state index contributed by atoms with van der Waals surface area (Å²) in [6.45, 7) is 2.45. The number of para-hydroxylation sites is 2. The van der Waals surface area contributed by atoms with E-state index in [1.807, 2.05) is 88.6 Å². The Morgan fingerprint density at radius 2 is 1.74 bits per heavy atom. The van der Waals surface area contributed by atoms with Gasteiger partial charge in [-0.1, -0.05) is 61.0 Å². The number of urea groups is 1. The minimum atomic E-state index is -0.380. The molecule has 5 aromatic rings. The molecule has 8 heteroatoms. The van der Waals surface area contributed by atoms with Crippen LogP contribution in [-0.4, -0.2) is 32.4 Å². The van der Waals surface area contributed by atoms with Crippen molar-refractivity contribution in [1.82, 2.24) is 19.2 Å². The van der Waals surface area contributed by atoms with Gasteiger partial charge in [-0.2, -0.15) is 5.10 Å². The van der Waals surface area contributed by atoms with Gasteiger partial charge in [0.2, 0.25) is 0 Å². The average Bonchev–Trinajstić information content (AvgIpc) is 3.56. The Bertz CT molecular complexity index is 1620. The first-order chi connectivity index (χ1) is 19.1. The zero-order valence-electron chi connectivity index (χ0n) is 21.7. The number of hydrogen-bond acceptors (Lipinski definition) is 3. The lowest BCUT2D eigenvalue weighted by molar-refractivity contribution is 0.194. The number of nitrogens with zero attached hydrogens (tertiary/aromatic N) is 4. The van der Waals surface area contributed by atoms with Crippen molar-refractivity contribution in [3.05, 3.63) is 125 Å². The standard InChI is InChI=1S/C31H28ClN5O2/c1-3-26-24-20-36(31(38)33-27-13-8-7-12-25(27)32)29(21-15-17-23(39-2)18-16-21)28-14-9-19-35(28)30(24)37(34-26)22-10-5-4-6-11-22/h4-19,29H,3,20H2,1-2H3,(H,33,38). The van der Waals surface area contributed by atoms with Crippen LogP contribution in [0.3, 0.4) is 0 Å². The van der Waals surface area contributed by atoms with E-state index < -0.39 is 0 Å². The van der Waals surface area contributed by atoms with Crippen LogP contribution >= 0.6 is 11.6 Å². The molecule has 3 heterocycles. The third kappa shape index (κ3) is 4.45. The second-order valence-corrected chi connectivity index (χ2v) is 9.77. The summed E-state index contributed by atoms with van der Waals surface area (Å²) in [7, 11) is 1.65. The number of aromatic nitrogens is 3. The average molecular weight is 538 g/mol. The lowest BCUT2D eigenvalue weighted by Crippen LogP contribution is -2.38. The van der Waals surface area contributed by atoms with Crippen molar-refractivity contribution in [3.8, 4) is 17.3 Å². The summed E-state index contributed by atoms with van der Waals surface area (Å²) in [5, 5.41) is 8.55. The Labute approximate surface area is 232 Å². The number of methoxy groups -OCH3 is 1. The number of nitrogens with one attached hydrogen (secondary N) is 1. The summed E-state index contributed by atoms with van der Waals surface area (Å²) in [6.07, 6.45) is 2.77. The van der Waals surface area contributed by atoms with E-state index in [2.05, 4.69) is 22.9 Å². The number of anilines is 1. The quantitative estimate of drug-likeness (QED) is 0.262. The van der Waals surface area contributed by atoms with Crippen LogP contribution in [0.1, 0.15) is 35.5 Å². The van der Waals surface area contributed by atoms with Crippen LogP contribution < -0.4 is 10.1 Å². The summed E-state index contributed by atoms with van der Waals surface area (Å²) in [6, 6.07) is 28.7. The lowest BCUT2D eigenvalue weighted by atomic mass is 10.0. The molecule has 1 atom stereocenters. The third-order valence-electron chi connectivity index (χ3n) is 7.11. The van der Waals surface area contributed by atoms with Crippen molar-refractivity contribution < 1.29 is 9.53 Å². The molecule has 1 N–H and O–H groups in total. The van der Waals surface area contributed by atoms with E-state index in [-0.39, 0.29) is 12.1 Å². The highest BCUT2D eigenvalue weighted by Gasteiger charge is 2.36. The number of ether oxygens (including phenoxy) is 1. The Morgan fingerprint density at radius 3 is 2.46 bits per heavy atom. The number of aryl methyl sites for hydroxylation is 1. The maximum absolute atomic E-state index is 14.1. The SMILES string of the molecule is CCc1nn(-c2ccccc2)c2c1CN(C(=O)Nc1ccccc1Cl)C(c1ccc(OC)cc1)c1cccn1-2. The largest absolute Gasteiger partial charge is 0.497 e. The van der Waals surface area contributed by atoms with E-state index in [1.165, 1.54) is 0 Å². The van der Waals surface area contributed by atoms with Gasteiger partial charge in [-0.25, -0.2) is 9.48 Å². The van der Waals surface area contributed by atoms with E-state index in [0.717, 1.165) is 46.2 Å². The molecule has 7 nitrogen and oxygen atoms in total. The predicted octanol–water partition coefficient (Wildman–Crippen LogP) is 7.02. The van der Waals surface area contributed by atoms with Gasteiger partial charge in [0.1, 0.15) is 11.6 Å². The molecular weight excluding hydrogens is 510 g/mol. The molecular formula is C31H28ClN5O2. The van der Waals surface area contributed by atoms with Crippen LogP contribution in [0.25, 0.3) is 11.5 Å². The van der Waals surface area contributed by atoms with Gasteiger partial charge >= 0.3 is 6.03 Å². The molecule has 1 aliphatic rings. The molecule has 0 fully saturated rings. The topological polar surface area (TPSA) is 64.3 Å². The molecule has 0 spiro atoms. The molecule has 3 aromatic carbocycles. The minimum absolute atomic E-state index is 0.251. The van der Waals surface area contributed by atoms with Crippen LogP contribution in [0.5, 0.6) is 5.75 Å². The van der Waals surface area contributed by atoms with Gasteiger partial charge in [-0.05, 0) is 60.5 Å². The van der Waals surface area contributed by atoms with Crippen LogP contribution in [0.15, 0.2) is 97.2 Å². The second-order valence-electron chi connectivity index (χ2n) is 9.37. The van der Waals surface area contributed by atoms with E-state index >= 15 is 0 Å². The van der Waals surface area contributed by atoms with E-state index in [0.29, 0.717) is 17.3 Å². The van der Waals surface area contributed by atoms with Crippen molar-refractivity contribution in [2.24, 2.45) is 0 Å². The maximum atomic E-state index is 14.1. The van der Waals surface area contributed by atoms with Gasteiger partial charge in [-0.15, -0.1) is 0 Å². The van der Waals surface area contributed by atoms with Crippen molar-refractivity contribution in [1.29, 1.82) is 0 Å². The Morgan fingerprint density at radius 1 is 1.00 bits per heavy atom. The van der Waals surface area contributed by atoms with Gasteiger partial charge < -0.3 is 19.5 Å². The number of fused-ring (bicyclic) bond motifs is 3. The highest BCUT2D eigenvalue weighted by molar-refractivity contribution is 6.33. The highest BCUT2D eigenvalue weighted by Crippen LogP contribution is 2.39. The van der Waals surface area contributed by atoms with Crippen LogP contribution in [-0.2, 0) is 13.0 Å². The fourth-order valence-corrected chi connectivity index (χ4v) is 5.42. The first-order valence-corrected chi connectivity index (χ1v) is 13.3. The zero-order valence-corrected chi connectivity index (χ0v) is 22.5. The minimum Gasteiger partial charge on any atom is -0.497 e.